The minimum Gasteiger partial charge on any atom is -0.337 e. The molecule has 1 aromatic carbocycles. The van der Waals surface area contributed by atoms with E-state index in [1.165, 1.54) is 6.07 Å². The van der Waals surface area contributed by atoms with Crippen LogP contribution in [0.3, 0.4) is 0 Å². The maximum absolute atomic E-state index is 13.7. The average molecular weight is 261 g/mol. The summed E-state index contributed by atoms with van der Waals surface area (Å²) >= 11 is 0. The number of rotatable bonds is 3. The Hall–Kier alpha value is -1.75. The van der Waals surface area contributed by atoms with Crippen molar-refractivity contribution in [3.8, 4) is 11.4 Å². The van der Waals surface area contributed by atoms with Crippen LogP contribution in [0, 0.1) is 5.82 Å². The third kappa shape index (κ3) is 2.04. The first-order valence-electron chi connectivity index (χ1n) is 6.59. The highest BCUT2D eigenvalue weighted by atomic mass is 19.1. The Morgan fingerprint density at radius 3 is 2.95 bits per heavy atom. The molecular weight excluding hydrogens is 245 g/mol. The second-order valence-electron chi connectivity index (χ2n) is 4.87. The quantitative estimate of drug-likeness (QED) is 0.923. The number of aromatic nitrogens is 2. The van der Waals surface area contributed by atoms with E-state index in [0.717, 1.165) is 25.8 Å². The molecule has 1 atom stereocenters. The molecule has 1 aliphatic rings. The lowest BCUT2D eigenvalue weighted by Gasteiger charge is -2.22. The highest BCUT2D eigenvalue weighted by Gasteiger charge is 2.39. The summed E-state index contributed by atoms with van der Waals surface area (Å²) in [5.41, 5.74) is 0.137. The molecule has 1 aromatic heterocycles. The third-order valence-corrected chi connectivity index (χ3v) is 3.80. The Balaban J connectivity index is 1.98. The van der Waals surface area contributed by atoms with E-state index in [1.54, 1.807) is 18.2 Å². The highest BCUT2D eigenvalue weighted by molar-refractivity contribution is 5.54. The van der Waals surface area contributed by atoms with Crippen LogP contribution < -0.4 is 5.32 Å². The van der Waals surface area contributed by atoms with Crippen molar-refractivity contribution in [2.45, 2.75) is 31.7 Å². The maximum atomic E-state index is 13.7. The van der Waals surface area contributed by atoms with Crippen LogP contribution in [0.5, 0.6) is 0 Å². The lowest BCUT2D eigenvalue weighted by Crippen LogP contribution is -2.36. The summed E-state index contributed by atoms with van der Waals surface area (Å²) in [6.07, 6.45) is 2.94. The van der Waals surface area contributed by atoms with Gasteiger partial charge in [0.25, 0.3) is 0 Å². The molecule has 100 valence electrons. The fourth-order valence-corrected chi connectivity index (χ4v) is 2.61. The second kappa shape index (κ2) is 4.74. The number of hydrogen-bond acceptors (Lipinski definition) is 4. The molecule has 2 aromatic rings. The summed E-state index contributed by atoms with van der Waals surface area (Å²) < 4.78 is 19.1. The van der Waals surface area contributed by atoms with Crippen LogP contribution >= 0.6 is 0 Å². The van der Waals surface area contributed by atoms with Gasteiger partial charge < -0.3 is 9.84 Å². The average Bonchev–Trinajstić information content (AvgIpc) is 3.09. The lowest BCUT2D eigenvalue weighted by atomic mass is 9.94. The van der Waals surface area contributed by atoms with Crippen LogP contribution in [0.25, 0.3) is 11.4 Å². The molecule has 4 nitrogen and oxygen atoms in total. The fraction of sp³-hybridized carbons (Fsp3) is 0.429. The summed E-state index contributed by atoms with van der Waals surface area (Å²) in [5.74, 6) is 0.542. The molecule has 1 fully saturated rings. The summed E-state index contributed by atoms with van der Waals surface area (Å²) in [5, 5.41) is 7.34. The molecule has 0 radical (unpaired) electrons. The van der Waals surface area contributed by atoms with Crippen LogP contribution in [0.1, 0.15) is 32.1 Å². The van der Waals surface area contributed by atoms with Crippen molar-refractivity contribution in [2.75, 3.05) is 6.54 Å². The molecule has 0 bridgehead atoms. The van der Waals surface area contributed by atoms with Gasteiger partial charge in [0, 0.05) is 0 Å². The van der Waals surface area contributed by atoms with E-state index in [9.17, 15) is 4.39 Å². The number of benzene rings is 1. The van der Waals surface area contributed by atoms with Gasteiger partial charge in [-0.15, -0.1) is 0 Å². The standard InChI is InChI=1S/C14H16FN3O/c1-2-14(8-5-9-16-14)13-17-12(18-19-13)10-6-3-4-7-11(10)15/h3-4,6-7,16H,2,5,8-9H2,1H3. The third-order valence-electron chi connectivity index (χ3n) is 3.80. The molecule has 1 aliphatic heterocycles. The van der Waals surface area contributed by atoms with Gasteiger partial charge in [-0.05, 0) is 37.9 Å². The SMILES string of the molecule is CCC1(c2nc(-c3ccccc3F)no2)CCCN1. The van der Waals surface area contributed by atoms with Crippen LogP contribution in [-0.4, -0.2) is 16.7 Å². The van der Waals surface area contributed by atoms with Gasteiger partial charge in [-0.3, -0.25) is 0 Å². The predicted molar refractivity (Wildman–Crippen MR) is 68.9 cm³/mol. The van der Waals surface area contributed by atoms with Crippen molar-refractivity contribution in [1.29, 1.82) is 0 Å². The van der Waals surface area contributed by atoms with Gasteiger partial charge in [0.05, 0.1) is 11.1 Å². The van der Waals surface area contributed by atoms with E-state index >= 15 is 0 Å². The van der Waals surface area contributed by atoms with Gasteiger partial charge in [-0.2, -0.15) is 4.98 Å². The van der Waals surface area contributed by atoms with E-state index in [1.807, 2.05) is 0 Å². The first-order valence-corrected chi connectivity index (χ1v) is 6.59. The molecule has 19 heavy (non-hydrogen) atoms. The molecule has 0 spiro atoms. The van der Waals surface area contributed by atoms with Gasteiger partial charge >= 0.3 is 0 Å². The Bertz CT molecular complexity index is 576. The van der Waals surface area contributed by atoms with E-state index < -0.39 is 0 Å². The number of nitrogens with zero attached hydrogens (tertiary/aromatic N) is 2. The summed E-state index contributed by atoms with van der Waals surface area (Å²) in [6.45, 7) is 3.04. The lowest BCUT2D eigenvalue weighted by molar-refractivity contribution is 0.250. The number of hydrogen-bond donors (Lipinski definition) is 1. The van der Waals surface area contributed by atoms with Crippen LogP contribution in [-0.2, 0) is 5.54 Å². The van der Waals surface area contributed by atoms with Crippen molar-refractivity contribution in [3.63, 3.8) is 0 Å². The largest absolute Gasteiger partial charge is 0.337 e. The highest BCUT2D eigenvalue weighted by Crippen LogP contribution is 2.34. The molecular formula is C14H16FN3O. The van der Waals surface area contributed by atoms with Gasteiger partial charge in [0.1, 0.15) is 5.82 Å². The molecule has 1 unspecified atom stereocenters. The zero-order chi connectivity index (χ0) is 13.3. The minimum absolute atomic E-state index is 0.240. The zero-order valence-corrected chi connectivity index (χ0v) is 10.8. The monoisotopic (exact) mass is 261 g/mol. The Morgan fingerprint density at radius 1 is 1.42 bits per heavy atom. The molecule has 5 heteroatoms. The zero-order valence-electron chi connectivity index (χ0n) is 10.8. The van der Waals surface area contributed by atoms with Crippen LogP contribution in [0.15, 0.2) is 28.8 Å². The van der Waals surface area contributed by atoms with Crippen molar-refractivity contribution in [2.24, 2.45) is 0 Å². The maximum Gasteiger partial charge on any atom is 0.247 e. The number of nitrogens with one attached hydrogen (secondary N) is 1. The molecule has 3 rings (SSSR count). The van der Waals surface area contributed by atoms with Gasteiger partial charge in [0.15, 0.2) is 0 Å². The normalized spacial score (nSPS) is 22.8. The molecule has 2 heterocycles. The minimum atomic E-state index is -0.334. The van der Waals surface area contributed by atoms with Crippen LogP contribution in [0.4, 0.5) is 4.39 Å². The molecule has 0 aliphatic carbocycles. The first kappa shape index (κ1) is 12.3. The van der Waals surface area contributed by atoms with Crippen molar-refractivity contribution in [3.05, 3.63) is 36.0 Å². The van der Waals surface area contributed by atoms with Gasteiger partial charge in [-0.25, -0.2) is 4.39 Å². The van der Waals surface area contributed by atoms with Gasteiger partial charge in [0.2, 0.25) is 11.7 Å². The fourth-order valence-electron chi connectivity index (χ4n) is 2.61. The molecule has 1 saturated heterocycles. The molecule has 1 N–H and O–H groups in total. The van der Waals surface area contributed by atoms with Crippen LogP contribution in [0.2, 0.25) is 0 Å². The first-order chi connectivity index (χ1) is 9.25. The Kier molecular flexibility index (Phi) is 3.06. The number of halogens is 1. The van der Waals surface area contributed by atoms with E-state index in [0.29, 0.717) is 17.3 Å². The van der Waals surface area contributed by atoms with E-state index in [2.05, 4.69) is 22.4 Å². The summed E-state index contributed by atoms with van der Waals surface area (Å²) in [6, 6.07) is 6.46. The smallest absolute Gasteiger partial charge is 0.247 e. The van der Waals surface area contributed by atoms with E-state index in [4.69, 9.17) is 4.52 Å². The Morgan fingerprint density at radius 2 is 2.26 bits per heavy atom. The topological polar surface area (TPSA) is 51.0 Å². The van der Waals surface area contributed by atoms with E-state index in [-0.39, 0.29) is 11.4 Å². The predicted octanol–water partition coefficient (Wildman–Crippen LogP) is 2.86. The molecule has 0 saturated carbocycles. The second-order valence-corrected chi connectivity index (χ2v) is 4.87. The summed E-state index contributed by atoms with van der Waals surface area (Å²) in [7, 11) is 0. The Labute approximate surface area is 111 Å². The van der Waals surface area contributed by atoms with Gasteiger partial charge in [-0.1, -0.05) is 24.2 Å². The molecule has 0 amide bonds. The van der Waals surface area contributed by atoms with Crippen molar-refractivity contribution in [1.82, 2.24) is 15.5 Å². The van der Waals surface area contributed by atoms with Crippen molar-refractivity contribution >= 4 is 0 Å². The summed E-state index contributed by atoms with van der Waals surface area (Å²) in [4.78, 5) is 4.39. The van der Waals surface area contributed by atoms with Crippen molar-refractivity contribution < 1.29 is 8.91 Å².